The van der Waals surface area contributed by atoms with Crippen molar-refractivity contribution < 1.29 is 4.79 Å². The second kappa shape index (κ2) is 7.67. The molecule has 0 aromatic heterocycles. The van der Waals surface area contributed by atoms with Gasteiger partial charge in [-0.05, 0) is 47.2 Å². The monoisotopic (exact) mass is 334 g/mol. The molecule has 2 heteroatoms. The fourth-order valence-electron chi connectivity index (χ4n) is 2.71. The molecule has 2 aromatic carbocycles. The number of ketones is 1. The number of benzene rings is 2. The highest BCUT2D eigenvalue weighted by Gasteiger charge is 2.23. The van der Waals surface area contributed by atoms with Crippen molar-refractivity contribution in [3.05, 3.63) is 81.3 Å². The van der Waals surface area contributed by atoms with Crippen LogP contribution in [0, 0.1) is 0 Å². The number of Topliss-reactive ketones (excluding diaryl/α,β-unsaturated/α-hetero) is 1. The van der Waals surface area contributed by atoms with Crippen LogP contribution in [0.1, 0.15) is 36.1 Å². The average Bonchev–Trinajstić information content (AvgIpc) is 2.96. The minimum absolute atomic E-state index is 0.166. The van der Waals surface area contributed by atoms with Gasteiger partial charge in [-0.2, -0.15) is 0 Å². The lowest BCUT2D eigenvalue weighted by atomic mass is 10.0. The SMILES string of the molecule is CCc1ccc(/C=C2\CS/C(=C\c3ccc(CC)cc3)C2=O)cc1. The van der Waals surface area contributed by atoms with Gasteiger partial charge in [0, 0.05) is 11.3 Å². The average molecular weight is 334 g/mol. The summed E-state index contributed by atoms with van der Waals surface area (Å²) in [6.45, 7) is 4.29. The van der Waals surface area contributed by atoms with Crippen LogP contribution in [0.25, 0.3) is 12.2 Å². The zero-order chi connectivity index (χ0) is 16.9. The van der Waals surface area contributed by atoms with Crippen molar-refractivity contribution in [1.29, 1.82) is 0 Å². The summed E-state index contributed by atoms with van der Waals surface area (Å²) in [5.41, 5.74) is 5.72. The van der Waals surface area contributed by atoms with Crippen LogP contribution in [0.4, 0.5) is 0 Å². The Kier molecular flexibility index (Phi) is 5.37. The van der Waals surface area contributed by atoms with Gasteiger partial charge in [-0.15, -0.1) is 11.8 Å². The van der Waals surface area contributed by atoms with Gasteiger partial charge in [0.1, 0.15) is 0 Å². The standard InChI is InChI=1S/C22H22OS/c1-3-16-5-9-18(10-6-16)13-20-15-24-21(22(20)23)14-19-11-7-17(4-2)8-12-19/h5-14H,3-4,15H2,1-2H3/b20-13+,21-14-. The first-order valence-corrected chi connectivity index (χ1v) is 9.45. The van der Waals surface area contributed by atoms with Crippen molar-refractivity contribution in [2.75, 3.05) is 5.75 Å². The van der Waals surface area contributed by atoms with E-state index in [9.17, 15) is 4.79 Å². The molecule has 0 saturated carbocycles. The van der Waals surface area contributed by atoms with Gasteiger partial charge in [-0.3, -0.25) is 4.79 Å². The summed E-state index contributed by atoms with van der Waals surface area (Å²) < 4.78 is 0. The molecular formula is C22H22OS. The highest BCUT2D eigenvalue weighted by Crippen LogP contribution is 2.34. The van der Waals surface area contributed by atoms with Gasteiger partial charge in [0.2, 0.25) is 0 Å². The minimum atomic E-state index is 0.166. The zero-order valence-electron chi connectivity index (χ0n) is 14.2. The van der Waals surface area contributed by atoms with Crippen LogP contribution < -0.4 is 0 Å². The molecule has 122 valence electrons. The van der Waals surface area contributed by atoms with Gasteiger partial charge in [0.25, 0.3) is 0 Å². The van der Waals surface area contributed by atoms with Crippen molar-refractivity contribution in [2.45, 2.75) is 26.7 Å². The van der Waals surface area contributed by atoms with Crippen LogP contribution in [-0.2, 0) is 17.6 Å². The van der Waals surface area contributed by atoms with Crippen LogP contribution in [-0.4, -0.2) is 11.5 Å². The van der Waals surface area contributed by atoms with E-state index in [4.69, 9.17) is 0 Å². The lowest BCUT2D eigenvalue weighted by Gasteiger charge is -2.00. The molecule has 0 spiro atoms. The molecule has 1 fully saturated rings. The van der Waals surface area contributed by atoms with Gasteiger partial charge < -0.3 is 0 Å². The third-order valence-electron chi connectivity index (χ3n) is 4.31. The quantitative estimate of drug-likeness (QED) is 0.682. The topological polar surface area (TPSA) is 17.1 Å². The molecule has 1 aliphatic rings. The minimum Gasteiger partial charge on any atom is -0.288 e. The molecule has 2 aromatic rings. The third-order valence-corrected chi connectivity index (χ3v) is 5.38. The van der Waals surface area contributed by atoms with Crippen LogP contribution in [0.5, 0.6) is 0 Å². The Balaban J connectivity index is 1.78. The van der Waals surface area contributed by atoms with E-state index in [0.717, 1.165) is 40.2 Å². The predicted octanol–water partition coefficient (Wildman–Crippen LogP) is 5.55. The van der Waals surface area contributed by atoms with Crippen LogP contribution in [0.2, 0.25) is 0 Å². The molecule has 3 rings (SSSR count). The predicted molar refractivity (Wildman–Crippen MR) is 105 cm³/mol. The molecule has 1 aliphatic heterocycles. The maximum absolute atomic E-state index is 12.6. The van der Waals surface area contributed by atoms with Crippen molar-refractivity contribution >= 4 is 29.7 Å². The number of rotatable bonds is 4. The summed E-state index contributed by atoms with van der Waals surface area (Å²) in [6.07, 6.45) is 6.10. The highest BCUT2D eigenvalue weighted by atomic mass is 32.2. The molecule has 1 nitrogen and oxygen atoms in total. The van der Waals surface area contributed by atoms with E-state index in [-0.39, 0.29) is 5.78 Å². The Morgan fingerprint density at radius 1 is 0.833 bits per heavy atom. The number of carbonyl (C=O) groups excluding carboxylic acids is 1. The highest BCUT2D eigenvalue weighted by molar-refractivity contribution is 8.05. The second-order valence-electron chi connectivity index (χ2n) is 5.99. The smallest absolute Gasteiger partial charge is 0.196 e. The first-order valence-electron chi connectivity index (χ1n) is 8.47. The number of hydrogen-bond donors (Lipinski definition) is 0. The van der Waals surface area contributed by atoms with Gasteiger partial charge in [-0.25, -0.2) is 0 Å². The summed E-state index contributed by atoms with van der Waals surface area (Å²) >= 11 is 1.63. The van der Waals surface area contributed by atoms with E-state index in [1.54, 1.807) is 11.8 Å². The molecule has 0 amide bonds. The van der Waals surface area contributed by atoms with E-state index < -0.39 is 0 Å². The molecule has 0 unspecified atom stereocenters. The van der Waals surface area contributed by atoms with Crippen molar-refractivity contribution in [3.8, 4) is 0 Å². The molecule has 0 bridgehead atoms. The number of aryl methyl sites for hydroxylation is 2. The van der Waals surface area contributed by atoms with Crippen LogP contribution in [0.15, 0.2) is 59.0 Å². The Labute approximate surface area is 148 Å². The Bertz CT molecular complexity index is 712. The first kappa shape index (κ1) is 16.8. The lowest BCUT2D eigenvalue weighted by molar-refractivity contribution is -0.111. The van der Waals surface area contributed by atoms with Crippen LogP contribution >= 0.6 is 11.8 Å². The molecule has 0 atom stereocenters. The van der Waals surface area contributed by atoms with E-state index in [0.29, 0.717) is 0 Å². The molecule has 0 radical (unpaired) electrons. The molecule has 0 N–H and O–H groups in total. The second-order valence-corrected chi connectivity index (χ2v) is 7.00. The largest absolute Gasteiger partial charge is 0.288 e. The van der Waals surface area contributed by atoms with E-state index >= 15 is 0 Å². The summed E-state index contributed by atoms with van der Waals surface area (Å²) in [5.74, 6) is 0.923. The first-order chi connectivity index (χ1) is 11.7. The Hall–Kier alpha value is -2.06. The van der Waals surface area contributed by atoms with Gasteiger partial charge >= 0.3 is 0 Å². The summed E-state index contributed by atoms with van der Waals surface area (Å²) in [6, 6.07) is 16.9. The molecule has 0 aliphatic carbocycles. The van der Waals surface area contributed by atoms with E-state index in [1.165, 1.54) is 11.1 Å². The zero-order valence-corrected chi connectivity index (χ0v) is 15.0. The lowest BCUT2D eigenvalue weighted by Crippen LogP contribution is -1.96. The normalized spacial score (nSPS) is 17.8. The number of carbonyl (C=O) groups is 1. The fourth-order valence-corrected chi connectivity index (χ4v) is 3.72. The molecule has 1 heterocycles. The number of allylic oxidation sites excluding steroid dienone is 1. The van der Waals surface area contributed by atoms with Gasteiger partial charge in [-0.1, -0.05) is 62.4 Å². The number of thioether (sulfide) groups is 1. The molecule has 1 saturated heterocycles. The van der Waals surface area contributed by atoms with Gasteiger partial charge in [0.05, 0.1) is 4.91 Å². The van der Waals surface area contributed by atoms with Crippen LogP contribution in [0.3, 0.4) is 0 Å². The van der Waals surface area contributed by atoms with Crippen molar-refractivity contribution in [1.82, 2.24) is 0 Å². The van der Waals surface area contributed by atoms with Crippen molar-refractivity contribution in [3.63, 3.8) is 0 Å². The summed E-state index contributed by atoms with van der Waals surface area (Å²) in [5, 5.41) is 0. The van der Waals surface area contributed by atoms with Gasteiger partial charge in [0.15, 0.2) is 5.78 Å². The summed E-state index contributed by atoms with van der Waals surface area (Å²) in [4.78, 5) is 13.4. The third kappa shape index (κ3) is 3.88. The maximum atomic E-state index is 12.6. The van der Waals surface area contributed by atoms with E-state index in [2.05, 4.69) is 62.4 Å². The maximum Gasteiger partial charge on any atom is 0.196 e. The summed E-state index contributed by atoms with van der Waals surface area (Å²) in [7, 11) is 0. The fraction of sp³-hybridized carbons (Fsp3) is 0.227. The Morgan fingerprint density at radius 3 is 1.83 bits per heavy atom. The number of hydrogen-bond acceptors (Lipinski definition) is 2. The Morgan fingerprint density at radius 2 is 1.33 bits per heavy atom. The van der Waals surface area contributed by atoms with E-state index in [1.807, 2.05) is 12.2 Å². The molecule has 24 heavy (non-hydrogen) atoms. The molecular weight excluding hydrogens is 312 g/mol. The van der Waals surface area contributed by atoms with Crippen molar-refractivity contribution in [2.24, 2.45) is 0 Å².